The Kier molecular flexibility index (Phi) is 6.04. The molecule has 3 heterocycles. The maximum Gasteiger partial charge on any atom is 0.227 e. The lowest BCUT2D eigenvalue weighted by molar-refractivity contribution is -0.117. The molecule has 9 heteroatoms. The van der Waals surface area contributed by atoms with Gasteiger partial charge in [0.05, 0.1) is 33.9 Å². The number of carbonyl (C=O) groups is 1. The quantitative estimate of drug-likeness (QED) is 0.333. The van der Waals surface area contributed by atoms with Gasteiger partial charge in [-0.05, 0) is 81.8 Å². The number of aryl methyl sites for hydroxylation is 2. The molecule has 2 aromatic heterocycles. The van der Waals surface area contributed by atoms with Crippen molar-refractivity contribution in [3.05, 3.63) is 64.5 Å². The highest BCUT2D eigenvalue weighted by Crippen LogP contribution is 2.42. The molecule has 2 aromatic carbocycles. The van der Waals surface area contributed by atoms with E-state index in [0.717, 1.165) is 65.1 Å². The largest absolute Gasteiger partial charge is 0.393 e. The van der Waals surface area contributed by atoms with Crippen LogP contribution >= 0.6 is 11.6 Å². The summed E-state index contributed by atoms with van der Waals surface area (Å²) in [5.74, 6) is 0.993. The number of rotatable bonds is 4. The molecule has 1 aliphatic heterocycles. The Balaban J connectivity index is 1.50. The first-order valence-corrected chi connectivity index (χ1v) is 13.1. The summed E-state index contributed by atoms with van der Waals surface area (Å²) in [6.07, 6.45) is 3.79. The van der Waals surface area contributed by atoms with Crippen LogP contribution in [0.4, 0.5) is 10.1 Å². The molecule has 1 aliphatic carbocycles. The first-order valence-electron chi connectivity index (χ1n) is 12.7. The van der Waals surface area contributed by atoms with Crippen LogP contribution in [0.1, 0.15) is 67.9 Å². The number of carbonyl (C=O) groups excluding carboxylic acids is 1. The monoisotopic (exact) mass is 522 g/mol. The molecule has 192 valence electrons. The lowest BCUT2D eigenvalue weighted by Crippen LogP contribution is -2.31. The van der Waals surface area contributed by atoms with Gasteiger partial charge >= 0.3 is 0 Å². The normalized spacial score (nSPS) is 22.4. The average Bonchev–Trinajstić information content (AvgIpc) is 3.55. The highest BCUT2D eigenvalue weighted by Gasteiger charge is 2.38. The van der Waals surface area contributed by atoms with Crippen LogP contribution in [0.25, 0.3) is 22.2 Å². The van der Waals surface area contributed by atoms with Gasteiger partial charge in [0.15, 0.2) is 0 Å². The Labute approximate surface area is 218 Å². The first-order chi connectivity index (χ1) is 17.8. The first kappa shape index (κ1) is 24.1. The number of anilines is 1. The van der Waals surface area contributed by atoms with Crippen LogP contribution in [0, 0.1) is 19.7 Å². The predicted molar refractivity (Wildman–Crippen MR) is 139 cm³/mol. The number of amides is 1. The molecule has 1 atom stereocenters. The summed E-state index contributed by atoms with van der Waals surface area (Å²) in [5.41, 5.74) is 5.13. The van der Waals surface area contributed by atoms with Crippen molar-refractivity contribution in [1.82, 2.24) is 14.7 Å². The van der Waals surface area contributed by atoms with Crippen LogP contribution in [0.2, 0.25) is 5.02 Å². The molecule has 1 unspecified atom stereocenters. The predicted octanol–water partition coefficient (Wildman–Crippen LogP) is 6.44. The van der Waals surface area contributed by atoms with Gasteiger partial charge in [0.2, 0.25) is 5.91 Å². The minimum absolute atomic E-state index is 0.0187. The van der Waals surface area contributed by atoms with E-state index in [2.05, 4.69) is 27.9 Å². The number of aliphatic hydroxyl groups is 1. The Hall–Kier alpha value is -3.23. The second kappa shape index (κ2) is 9.26. The van der Waals surface area contributed by atoms with Crippen LogP contribution in [-0.4, -0.2) is 31.8 Å². The molecule has 1 amide bonds. The molecule has 2 fully saturated rings. The van der Waals surface area contributed by atoms with E-state index >= 15 is 0 Å². The number of fused-ring (bicyclic) bond motifs is 1. The van der Waals surface area contributed by atoms with Crippen molar-refractivity contribution in [1.29, 1.82) is 0 Å². The number of nitrogens with zero attached hydrogens (tertiary/aromatic N) is 4. The third-order valence-electron chi connectivity index (χ3n) is 7.76. The topological polar surface area (TPSA) is 84.4 Å². The number of hydrogen-bond acceptors (Lipinski definition) is 5. The van der Waals surface area contributed by atoms with Gasteiger partial charge < -0.3 is 19.1 Å². The lowest BCUT2D eigenvalue weighted by Gasteiger charge is -2.31. The number of aliphatic hydroxyl groups excluding tert-OH is 1. The van der Waals surface area contributed by atoms with Crippen molar-refractivity contribution < 1.29 is 18.8 Å². The fourth-order valence-electron chi connectivity index (χ4n) is 5.99. The zero-order valence-corrected chi connectivity index (χ0v) is 21.5. The van der Waals surface area contributed by atoms with E-state index in [1.165, 1.54) is 12.1 Å². The van der Waals surface area contributed by atoms with Crippen LogP contribution in [0.5, 0.6) is 0 Å². The molecule has 1 saturated carbocycles. The van der Waals surface area contributed by atoms with Crippen LogP contribution in [0.15, 0.2) is 40.9 Å². The van der Waals surface area contributed by atoms with Crippen LogP contribution < -0.4 is 4.90 Å². The number of aromatic nitrogens is 3. The standard InChI is InChI=1S/C28H28ClFN4O3/c1-15-27(16(2)37-32-15)17-3-10-24-23(13-17)31-28(34(24)18-4-7-20(35)8-5-18)25-11-12-26(36)33(25)19-6-9-22(30)21(29)14-19/h3,6,9-10,13-14,18,20,25,35H,4-5,7-8,11-12H2,1-2H3. The Morgan fingerprint density at radius 1 is 1.08 bits per heavy atom. The van der Waals surface area contributed by atoms with Crippen molar-refractivity contribution in [3.63, 3.8) is 0 Å². The van der Waals surface area contributed by atoms with Gasteiger partial charge in [-0.2, -0.15) is 0 Å². The smallest absolute Gasteiger partial charge is 0.227 e. The number of halogens is 2. The molecule has 0 radical (unpaired) electrons. The van der Waals surface area contributed by atoms with Gasteiger partial charge in [0, 0.05) is 23.7 Å². The Morgan fingerprint density at radius 3 is 2.57 bits per heavy atom. The summed E-state index contributed by atoms with van der Waals surface area (Å²) in [6.45, 7) is 3.82. The second-order valence-electron chi connectivity index (χ2n) is 10.1. The van der Waals surface area contributed by atoms with Crippen molar-refractivity contribution in [2.75, 3.05) is 4.90 Å². The fourth-order valence-corrected chi connectivity index (χ4v) is 6.16. The second-order valence-corrected chi connectivity index (χ2v) is 10.5. The van der Waals surface area contributed by atoms with Crippen molar-refractivity contribution in [2.45, 2.75) is 70.6 Å². The molecule has 1 saturated heterocycles. The van der Waals surface area contributed by atoms with E-state index in [-0.39, 0.29) is 29.1 Å². The molecule has 4 aromatic rings. The zero-order valence-electron chi connectivity index (χ0n) is 20.7. The maximum absolute atomic E-state index is 13.9. The third kappa shape index (κ3) is 4.12. The van der Waals surface area contributed by atoms with E-state index in [1.54, 1.807) is 11.0 Å². The minimum atomic E-state index is -0.520. The molecule has 2 aliphatic rings. The molecular weight excluding hydrogens is 495 g/mol. The van der Waals surface area contributed by atoms with E-state index in [0.29, 0.717) is 18.5 Å². The molecule has 0 bridgehead atoms. The highest BCUT2D eigenvalue weighted by molar-refractivity contribution is 6.31. The molecule has 0 spiro atoms. The molecule has 1 N–H and O–H groups in total. The summed E-state index contributed by atoms with van der Waals surface area (Å²) in [7, 11) is 0. The zero-order chi connectivity index (χ0) is 25.8. The molecule has 37 heavy (non-hydrogen) atoms. The minimum Gasteiger partial charge on any atom is -0.393 e. The molecule has 6 rings (SSSR count). The van der Waals surface area contributed by atoms with Crippen LogP contribution in [0.3, 0.4) is 0 Å². The third-order valence-corrected chi connectivity index (χ3v) is 8.05. The number of benzene rings is 2. The molecule has 7 nitrogen and oxygen atoms in total. The van der Waals surface area contributed by atoms with Crippen molar-refractivity contribution in [3.8, 4) is 11.1 Å². The van der Waals surface area contributed by atoms with Gasteiger partial charge in [-0.25, -0.2) is 9.37 Å². The van der Waals surface area contributed by atoms with Gasteiger partial charge in [-0.3, -0.25) is 4.79 Å². The lowest BCUT2D eigenvalue weighted by atomic mass is 9.92. The molecular formula is C28H28ClFN4O3. The van der Waals surface area contributed by atoms with Crippen LogP contribution in [-0.2, 0) is 4.79 Å². The van der Waals surface area contributed by atoms with Gasteiger partial charge in [-0.15, -0.1) is 0 Å². The fraction of sp³-hybridized carbons (Fsp3) is 0.393. The van der Waals surface area contributed by atoms with Crippen molar-refractivity contribution in [2.24, 2.45) is 0 Å². The SMILES string of the molecule is Cc1noc(C)c1-c1ccc2c(c1)nc(C1CCC(=O)N1c1ccc(F)c(Cl)c1)n2C1CCC(O)CC1. The average molecular weight is 523 g/mol. The summed E-state index contributed by atoms with van der Waals surface area (Å²) in [5, 5.41) is 14.2. The Morgan fingerprint density at radius 2 is 1.86 bits per heavy atom. The highest BCUT2D eigenvalue weighted by atomic mass is 35.5. The van der Waals surface area contributed by atoms with Gasteiger partial charge in [0.25, 0.3) is 0 Å². The summed E-state index contributed by atoms with van der Waals surface area (Å²) in [6, 6.07) is 10.4. The van der Waals surface area contributed by atoms with E-state index in [1.807, 2.05) is 13.8 Å². The summed E-state index contributed by atoms with van der Waals surface area (Å²) in [4.78, 5) is 19.9. The van der Waals surface area contributed by atoms with Crippen molar-refractivity contribution >= 4 is 34.2 Å². The maximum atomic E-state index is 13.9. The Bertz CT molecular complexity index is 1490. The summed E-state index contributed by atoms with van der Waals surface area (Å²) < 4.78 is 21.6. The van der Waals surface area contributed by atoms with E-state index in [4.69, 9.17) is 21.1 Å². The number of hydrogen-bond donors (Lipinski definition) is 1. The van der Waals surface area contributed by atoms with Gasteiger partial charge in [0.1, 0.15) is 17.4 Å². The van der Waals surface area contributed by atoms with E-state index in [9.17, 15) is 14.3 Å². The summed E-state index contributed by atoms with van der Waals surface area (Å²) >= 11 is 6.09. The van der Waals surface area contributed by atoms with E-state index < -0.39 is 5.82 Å². The number of imidazole rings is 1. The van der Waals surface area contributed by atoms with Gasteiger partial charge in [-0.1, -0.05) is 22.8 Å².